The maximum atomic E-state index is 5.28. The van der Waals surface area contributed by atoms with Crippen molar-refractivity contribution in [2.24, 2.45) is 0 Å². The molecule has 12 rings (SSSR count). The van der Waals surface area contributed by atoms with E-state index < -0.39 is 0 Å². The molecule has 3 heterocycles. The van der Waals surface area contributed by atoms with Crippen molar-refractivity contribution in [2.75, 3.05) is 0 Å². The first-order chi connectivity index (χ1) is 33.2. The molecule has 0 aliphatic rings. The number of aromatic nitrogens is 5. The zero-order valence-electron chi connectivity index (χ0n) is 36.2. The van der Waals surface area contributed by atoms with Crippen molar-refractivity contribution in [3.8, 4) is 101 Å². The third-order valence-corrected chi connectivity index (χ3v) is 13.3. The molecule has 0 aliphatic heterocycles. The summed E-state index contributed by atoms with van der Waals surface area (Å²) in [5.74, 6) is 2.51. The van der Waals surface area contributed by atoms with E-state index in [1.165, 1.54) is 25.7 Å². The van der Waals surface area contributed by atoms with Gasteiger partial charge in [-0.1, -0.05) is 194 Å². The molecule has 0 N–H and O–H groups in total. The summed E-state index contributed by atoms with van der Waals surface area (Å²) >= 11 is 1.84. The van der Waals surface area contributed by atoms with E-state index in [9.17, 15) is 0 Å². The van der Waals surface area contributed by atoms with Gasteiger partial charge in [-0.3, -0.25) is 0 Å². The summed E-state index contributed by atoms with van der Waals surface area (Å²) in [4.78, 5) is 25.6. The second-order valence-corrected chi connectivity index (χ2v) is 17.5. The molecule has 67 heavy (non-hydrogen) atoms. The number of hydrogen-bond acceptors (Lipinski definition) is 6. The average Bonchev–Trinajstić information content (AvgIpc) is 3.79. The second-order valence-electron chi connectivity index (χ2n) is 16.5. The number of nitrogens with zero attached hydrogens (tertiary/aromatic N) is 5. The van der Waals surface area contributed by atoms with Gasteiger partial charge in [0.1, 0.15) is 0 Å². The Morgan fingerprint density at radius 1 is 0.224 bits per heavy atom. The van der Waals surface area contributed by atoms with Crippen LogP contribution in [0.15, 0.2) is 237 Å². The Kier molecular flexibility index (Phi) is 10.3. The predicted octanol–water partition coefficient (Wildman–Crippen LogP) is 16.0. The van der Waals surface area contributed by atoms with Gasteiger partial charge in [0, 0.05) is 53.6 Å². The van der Waals surface area contributed by atoms with E-state index in [2.05, 4.69) is 158 Å². The van der Waals surface area contributed by atoms with Gasteiger partial charge in [0.25, 0.3) is 0 Å². The monoisotopic (exact) mass is 873 g/mol. The molecule has 3 aromatic heterocycles. The van der Waals surface area contributed by atoms with Crippen LogP contribution in [0.25, 0.3) is 122 Å². The number of benzene rings is 9. The molecule has 9 aromatic carbocycles. The van der Waals surface area contributed by atoms with Gasteiger partial charge in [-0.15, -0.1) is 11.3 Å². The van der Waals surface area contributed by atoms with Gasteiger partial charge in [0.05, 0.1) is 11.4 Å². The van der Waals surface area contributed by atoms with Crippen LogP contribution in [-0.4, -0.2) is 24.9 Å². The lowest BCUT2D eigenvalue weighted by atomic mass is 9.91. The highest BCUT2D eigenvalue weighted by atomic mass is 32.1. The molecule has 12 aromatic rings. The average molecular weight is 874 g/mol. The normalized spacial score (nSPS) is 11.3. The van der Waals surface area contributed by atoms with Gasteiger partial charge in [-0.05, 0) is 75.8 Å². The van der Waals surface area contributed by atoms with Crippen LogP contribution in [0.4, 0.5) is 0 Å². The molecular weight excluding hydrogens is 835 g/mol. The van der Waals surface area contributed by atoms with E-state index in [-0.39, 0.29) is 0 Å². The van der Waals surface area contributed by atoms with E-state index in [1.54, 1.807) is 0 Å². The third-order valence-electron chi connectivity index (χ3n) is 12.2. The fraction of sp³-hybridized carbons (Fsp3) is 0. The lowest BCUT2D eigenvalue weighted by molar-refractivity contribution is 1.07. The van der Waals surface area contributed by atoms with E-state index in [0.717, 1.165) is 72.6 Å². The van der Waals surface area contributed by atoms with Crippen LogP contribution >= 0.6 is 11.3 Å². The van der Waals surface area contributed by atoms with Crippen LogP contribution in [-0.2, 0) is 0 Å². The quantitative estimate of drug-likeness (QED) is 0.145. The lowest BCUT2D eigenvalue weighted by Gasteiger charge is -2.15. The van der Waals surface area contributed by atoms with Gasteiger partial charge >= 0.3 is 0 Å². The molecule has 0 amide bonds. The number of thiophene rings is 1. The van der Waals surface area contributed by atoms with Crippen molar-refractivity contribution in [3.05, 3.63) is 237 Å². The first-order valence-electron chi connectivity index (χ1n) is 22.3. The Balaban J connectivity index is 0.990. The minimum absolute atomic E-state index is 0.603. The highest BCUT2D eigenvalue weighted by Gasteiger charge is 2.18. The fourth-order valence-corrected chi connectivity index (χ4v) is 9.88. The summed E-state index contributed by atoms with van der Waals surface area (Å²) in [5, 5.41) is 2.57. The smallest absolute Gasteiger partial charge is 0.164 e. The Hall–Kier alpha value is -8.71. The maximum Gasteiger partial charge on any atom is 0.164 e. The summed E-state index contributed by atoms with van der Waals surface area (Å²) < 4.78 is 2.59. The van der Waals surface area contributed by atoms with Crippen LogP contribution in [0.3, 0.4) is 0 Å². The molecule has 0 spiro atoms. The van der Waals surface area contributed by atoms with Crippen molar-refractivity contribution >= 4 is 31.5 Å². The second kappa shape index (κ2) is 17.3. The first-order valence-corrected chi connectivity index (χ1v) is 23.1. The molecule has 0 saturated carbocycles. The minimum Gasteiger partial charge on any atom is -0.228 e. The Morgan fingerprint density at radius 3 is 1.30 bits per heavy atom. The van der Waals surface area contributed by atoms with Crippen LogP contribution in [0, 0.1) is 0 Å². The lowest BCUT2D eigenvalue weighted by Crippen LogP contribution is -2.00. The largest absolute Gasteiger partial charge is 0.228 e. The molecule has 0 unspecified atom stereocenters. The van der Waals surface area contributed by atoms with E-state index >= 15 is 0 Å². The van der Waals surface area contributed by atoms with Crippen LogP contribution in [0.1, 0.15) is 0 Å². The summed E-state index contributed by atoms with van der Waals surface area (Å²) in [7, 11) is 0. The highest BCUT2D eigenvalue weighted by molar-refractivity contribution is 7.25. The Morgan fingerprint density at radius 2 is 0.657 bits per heavy atom. The van der Waals surface area contributed by atoms with Crippen LogP contribution in [0.2, 0.25) is 0 Å². The topological polar surface area (TPSA) is 64.5 Å². The number of rotatable bonds is 9. The van der Waals surface area contributed by atoms with Crippen LogP contribution < -0.4 is 0 Å². The third kappa shape index (κ3) is 7.96. The molecular formula is C61H39N5S. The highest BCUT2D eigenvalue weighted by Crippen LogP contribution is 2.40. The molecule has 5 nitrogen and oxygen atoms in total. The fourth-order valence-electron chi connectivity index (χ4n) is 8.80. The molecule has 0 fully saturated rings. The van der Waals surface area contributed by atoms with Gasteiger partial charge in [0.15, 0.2) is 23.3 Å². The van der Waals surface area contributed by atoms with Crippen LogP contribution in [0.5, 0.6) is 0 Å². The summed E-state index contributed by atoms with van der Waals surface area (Å²) in [6, 6.07) is 82.4. The zero-order chi connectivity index (χ0) is 44.5. The van der Waals surface area contributed by atoms with Crippen molar-refractivity contribution in [3.63, 3.8) is 0 Å². The molecule has 0 atom stereocenters. The molecule has 0 bridgehead atoms. The minimum atomic E-state index is 0.603. The van der Waals surface area contributed by atoms with Gasteiger partial charge in [0.2, 0.25) is 0 Å². The Labute approximate surface area is 392 Å². The van der Waals surface area contributed by atoms with Crippen molar-refractivity contribution < 1.29 is 0 Å². The van der Waals surface area contributed by atoms with Gasteiger partial charge in [-0.2, -0.15) is 0 Å². The van der Waals surface area contributed by atoms with E-state index in [4.69, 9.17) is 24.9 Å². The summed E-state index contributed by atoms with van der Waals surface area (Å²) in [5.41, 5.74) is 14.0. The van der Waals surface area contributed by atoms with Crippen molar-refractivity contribution in [1.82, 2.24) is 24.9 Å². The standard InChI is InChI=1S/C61H39N5S/c1-5-17-40(18-6-1)50-33-31-48(38-52(50)46-26-16-28-49(36-46)61-65-59(42-21-9-3-10-22-42)64-60(66-61)43-23-11-4-12-24-43)55-39-54(62-58(63-55)41-19-7-2-8-20-41)47-27-15-25-44(35-47)45-32-34-57-53(37-45)51-29-13-14-30-56(51)67-57/h1-39H. The van der Waals surface area contributed by atoms with Crippen molar-refractivity contribution in [1.29, 1.82) is 0 Å². The maximum absolute atomic E-state index is 5.28. The number of fused-ring (bicyclic) bond motifs is 3. The molecule has 0 aliphatic carbocycles. The van der Waals surface area contributed by atoms with Gasteiger partial charge in [-0.25, -0.2) is 24.9 Å². The van der Waals surface area contributed by atoms with E-state index in [0.29, 0.717) is 23.3 Å². The van der Waals surface area contributed by atoms with Gasteiger partial charge < -0.3 is 0 Å². The molecule has 314 valence electrons. The predicted molar refractivity (Wildman–Crippen MR) is 277 cm³/mol. The summed E-state index contributed by atoms with van der Waals surface area (Å²) in [6.07, 6.45) is 0. The Bertz CT molecular complexity index is 3680. The van der Waals surface area contributed by atoms with Crippen molar-refractivity contribution in [2.45, 2.75) is 0 Å². The summed E-state index contributed by atoms with van der Waals surface area (Å²) in [6.45, 7) is 0. The molecule has 0 radical (unpaired) electrons. The zero-order valence-corrected chi connectivity index (χ0v) is 37.0. The molecule has 6 heteroatoms. The van der Waals surface area contributed by atoms with E-state index in [1.807, 2.05) is 90.2 Å². The molecule has 0 saturated heterocycles. The SMILES string of the molecule is c1ccc(-c2nc(-c3cccc(-c4ccc5sc6ccccc6c5c4)c3)cc(-c3ccc(-c4ccccc4)c(-c4cccc(-c5nc(-c6ccccc6)nc(-c6ccccc6)n5)c4)c3)n2)cc1. The first kappa shape index (κ1) is 39.8. The number of hydrogen-bond donors (Lipinski definition) is 0.